The van der Waals surface area contributed by atoms with Gasteiger partial charge in [0.25, 0.3) is 0 Å². The molecule has 0 aliphatic heterocycles. The third-order valence-electron chi connectivity index (χ3n) is 4.00. The summed E-state index contributed by atoms with van der Waals surface area (Å²) < 4.78 is 0. The van der Waals surface area contributed by atoms with Gasteiger partial charge in [-0.15, -0.1) is 0 Å². The first-order valence-electron chi connectivity index (χ1n) is 8.77. The van der Waals surface area contributed by atoms with E-state index < -0.39 is 0 Å². The smallest absolute Gasteiger partial charge is 0.237 e. The van der Waals surface area contributed by atoms with E-state index in [1.54, 1.807) is 6.20 Å². The van der Waals surface area contributed by atoms with Crippen LogP contribution in [0.15, 0.2) is 79.0 Å². The Labute approximate surface area is 154 Å². The van der Waals surface area contributed by atoms with Crippen molar-refractivity contribution < 1.29 is 4.79 Å². The lowest BCUT2D eigenvalue weighted by atomic mass is 9.90. The number of hydrogen-bond acceptors (Lipinski definition) is 3. The van der Waals surface area contributed by atoms with Crippen molar-refractivity contribution >= 4 is 17.4 Å². The molecule has 2 N–H and O–H groups in total. The molecule has 4 heteroatoms. The van der Waals surface area contributed by atoms with Crippen molar-refractivity contribution in [2.45, 2.75) is 25.8 Å². The molecule has 26 heavy (non-hydrogen) atoms. The van der Waals surface area contributed by atoms with Crippen molar-refractivity contribution in [3.05, 3.63) is 90.1 Å². The molecule has 0 atom stereocenters. The Hall–Kier alpha value is -3.14. The number of hydrogen-bond donors (Lipinski definition) is 2. The molecule has 132 valence electrons. The molecule has 0 aliphatic carbocycles. The van der Waals surface area contributed by atoms with Crippen molar-refractivity contribution in [1.29, 1.82) is 0 Å². The molecule has 0 bridgehead atoms. The molecule has 0 saturated carbocycles. The second-order valence-corrected chi connectivity index (χ2v) is 6.47. The zero-order valence-electron chi connectivity index (χ0n) is 15.0. The molecule has 0 spiro atoms. The molecule has 2 aromatic carbocycles. The fourth-order valence-corrected chi connectivity index (χ4v) is 2.87. The van der Waals surface area contributed by atoms with Gasteiger partial charge in [-0.3, -0.25) is 4.79 Å². The molecule has 1 amide bonds. The summed E-state index contributed by atoms with van der Waals surface area (Å²) >= 11 is 0. The zero-order valence-corrected chi connectivity index (χ0v) is 15.0. The number of pyridine rings is 1. The maximum absolute atomic E-state index is 13.0. The van der Waals surface area contributed by atoms with E-state index in [0.29, 0.717) is 11.9 Å². The van der Waals surface area contributed by atoms with Crippen molar-refractivity contribution in [1.82, 2.24) is 4.98 Å². The van der Waals surface area contributed by atoms with Crippen LogP contribution in [0.2, 0.25) is 0 Å². The van der Waals surface area contributed by atoms with Gasteiger partial charge in [0.15, 0.2) is 0 Å². The topological polar surface area (TPSA) is 54.0 Å². The second-order valence-electron chi connectivity index (χ2n) is 6.47. The highest BCUT2D eigenvalue weighted by molar-refractivity contribution is 5.97. The van der Waals surface area contributed by atoms with Crippen LogP contribution in [-0.4, -0.2) is 16.9 Å². The van der Waals surface area contributed by atoms with Gasteiger partial charge in [-0.1, -0.05) is 60.7 Å². The van der Waals surface area contributed by atoms with Gasteiger partial charge in [-0.05, 0) is 37.1 Å². The van der Waals surface area contributed by atoms with Crippen LogP contribution in [0.5, 0.6) is 0 Å². The second kappa shape index (κ2) is 8.30. The molecule has 0 radical (unpaired) electrons. The number of aromatic nitrogens is 1. The van der Waals surface area contributed by atoms with Crippen molar-refractivity contribution in [2.24, 2.45) is 0 Å². The number of carbonyl (C=O) groups excluding carboxylic acids is 1. The largest absolute Gasteiger partial charge is 0.382 e. The number of nitrogens with one attached hydrogen (secondary N) is 2. The summed E-state index contributed by atoms with van der Waals surface area (Å²) in [6.07, 6.45) is 1.73. The van der Waals surface area contributed by atoms with Gasteiger partial charge in [-0.25, -0.2) is 4.98 Å². The highest BCUT2D eigenvalue weighted by Gasteiger charge is 2.22. The average molecular weight is 345 g/mol. The maximum Gasteiger partial charge on any atom is 0.237 e. The fourth-order valence-electron chi connectivity index (χ4n) is 2.87. The maximum atomic E-state index is 13.0. The van der Waals surface area contributed by atoms with Gasteiger partial charge in [0.05, 0.1) is 17.8 Å². The molecule has 3 aromatic rings. The van der Waals surface area contributed by atoms with Gasteiger partial charge in [0.1, 0.15) is 5.82 Å². The first kappa shape index (κ1) is 17.7. The molecular formula is C22H23N3O. The quantitative estimate of drug-likeness (QED) is 0.682. The highest BCUT2D eigenvalue weighted by Crippen LogP contribution is 2.26. The number of amides is 1. The van der Waals surface area contributed by atoms with Crippen molar-refractivity contribution in [3.63, 3.8) is 0 Å². The minimum absolute atomic E-state index is 0.0977. The Bertz CT molecular complexity index is 791. The van der Waals surface area contributed by atoms with E-state index in [1.165, 1.54) is 0 Å². The van der Waals surface area contributed by atoms with Crippen molar-refractivity contribution in [2.75, 3.05) is 10.6 Å². The molecule has 0 saturated heterocycles. The van der Waals surface area contributed by atoms with Gasteiger partial charge in [-0.2, -0.15) is 0 Å². The van der Waals surface area contributed by atoms with Crippen LogP contribution in [0.4, 0.5) is 11.5 Å². The Morgan fingerprint density at radius 2 is 1.42 bits per heavy atom. The van der Waals surface area contributed by atoms with E-state index in [0.717, 1.165) is 16.8 Å². The lowest BCUT2D eigenvalue weighted by Crippen LogP contribution is -2.22. The lowest BCUT2D eigenvalue weighted by molar-refractivity contribution is -0.116. The van der Waals surface area contributed by atoms with Crippen molar-refractivity contribution in [3.8, 4) is 0 Å². The van der Waals surface area contributed by atoms with Crippen LogP contribution in [0.3, 0.4) is 0 Å². The number of benzene rings is 2. The predicted octanol–water partition coefficient (Wildman–Crippen LogP) is 4.67. The van der Waals surface area contributed by atoms with E-state index in [9.17, 15) is 4.79 Å². The summed E-state index contributed by atoms with van der Waals surface area (Å²) in [6.45, 7) is 4.14. The minimum atomic E-state index is -0.382. The summed E-state index contributed by atoms with van der Waals surface area (Å²) in [4.78, 5) is 17.4. The van der Waals surface area contributed by atoms with Crippen LogP contribution in [-0.2, 0) is 4.79 Å². The number of nitrogens with zero attached hydrogens (tertiary/aromatic N) is 1. The first-order valence-corrected chi connectivity index (χ1v) is 8.77. The van der Waals surface area contributed by atoms with Crippen LogP contribution < -0.4 is 10.6 Å². The van der Waals surface area contributed by atoms with Gasteiger partial charge >= 0.3 is 0 Å². The van der Waals surface area contributed by atoms with Crippen LogP contribution in [0.25, 0.3) is 0 Å². The van der Waals surface area contributed by atoms with Gasteiger partial charge in [0, 0.05) is 6.04 Å². The van der Waals surface area contributed by atoms with Crippen LogP contribution >= 0.6 is 0 Å². The van der Waals surface area contributed by atoms with E-state index in [4.69, 9.17) is 0 Å². The summed E-state index contributed by atoms with van der Waals surface area (Å²) in [5.41, 5.74) is 2.84. The van der Waals surface area contributed by atoms with Gasteiger partial charge in [0.2, 0.25) is 5.91 Å². The Kier molecular flexibility index (Phi) is 5.64. The van der Waals surface area contributed by atoms with E-state index in [-0.39, 0.29) is 11.8 Å². The summed E-state index contributed by atoms with van der Waals surface area (Å²) in [6, 6.07) is 23.6. The summed E-state index contributed by atoms with van der Waals surface area (Å²) in [5, 5.41) is 6.23. The molecule has 0 aliphatic rings. The minimum Gasteiger partial charge on any atom is -0.382 e. The molecular weight excluding hydrogens is 322 g/mol. The predicted molar refractivity (Wildman–Crippen MR) is 106 cm³/mol. The molecule has 0 fully saturated rings. The number of rotatable bonds is 6. The number of carbonyl (C=O) groups is 1. The molecule has 1 aromatic heterocycles. The van der Waals surface area contributed by atoms with Crippen LogP contribution in [0, 0.1) is 0 Å². The summed E-state index contributed by atoms with van der Waals surface area (Å²) in [5.74, 6) is 0.0632. The highest BCUT2D eigenvalue weighted by atomic mass is 16.1. The van der Waals surface area contributed by atoms with E-state index in [1.807, 2.05) is 72.8 Å². The Morgan fingerprint density at radius 1 is 0.846 bits per heavy atom. The first-order chi connectivity index (χ1) is 12.6. The lowest BCUT2D eigenvalue weighted by Gasteiger charge is -2.18. The SMILES string of the molecule is CC(C)Nc1ccc(NC(=O)C(c2ccccc2)c2ccccc2)nc1. The Balaban J connectivity index is 1.82. The fraction of sp³-hybridized carbons (Fsp3) is 0.182. The molecule has 4 nitrogen and oxygen atoms in total. The Morgan fingerprint density at radius 3 is 1.88 bits per heavy atom. The standard InChI is InChI=1S/C22H23N3O/c1-16(2)24-19-13-14-20(23-15-19)25-22(26)21(17-9-5-3-6-10-17)18-11-7-4-8-12-18/h3-16,21,24H,1-2H3,(H,23,25,26). The third kappa shape index (κ3) is 4.48. The zero-order chi connectivity index (χ0) is 18.4. The summed E-state index contributed by atoms with van der Waals surface area (Å²) in [7, 11) is 0. The third-order valence-corrected chi connectivity index (χ3v) is 4.00. The van der Waals surface area contributed by atoms with Gasteiger partial charge < -0.3 is 10.6 Å². The average Bonchev–Trinajstić information content (AvgIpc) is 2.65. The normalized spacial score (nSPS) is 10.8. The molecule has 0 unspecified atom stereocenters. The van der Waals surface area contributed by atoms with E-state index in [2.05, 4.69) is 29.5 Å². The molecule has 3 rings (SSSR count). The van der Waals surface area contributed by atoms with Crippen LogP contribution in [0.1, 0.15) is 30.9 Å². The molecule has 1 heterocycles. The van der Waals surface area contributed by atoms with E-state index >= 15 is 0 Å². The number of anilines is 2. The monoisotopic (exact) mass is 345 g/mol.